The molecule has 0 aromatic carbocycles. The van der Waals surface area contributed by atoms with Crippen molar-refractivity contribution in [2.45, 2.75) is 37.8 Å². The van der Waals surface area contributed by atoms with Gasteiger partial charge < -0.3 is 20.0 Å². The van der Waals surface area contributed by atoms with Crippen molar-refractivity contribution in [2.24, 2.45) is 5.92 Å². The molecule has 0 radical (unpaired) electrons. The highest BCUT2D eigenvalue weighted by molar-refractivity contribution is 5.79. The molecule has 3 heterocycles. The van der Waals surface area contributed by atoms with Crippen molar-refractivity contribution in [3.05, 3.63) is 18.5 Å². The van der Waals surface area contributed by atoms with Gasteiger partial charge >= 0.3 is 0 Å². The second kappa shape index (κ2) is 8.77. The van der Waals surface area contributed by atoms with Gasteiger partial charge in [0.15, 0.2) is 0 Å². The molecule has 3 rings (SSSR count). The lowest BCUT2D eigenvalue weighted by atomic mass is 9.98. The van der Waals surface area contributed by atoms with Crippen molar-refractivity contribution >= 4 is 11.9 Å². The van der Waals surface area contributed by atoms with Crippen molar-refractivity contribution in [2.75, 3.05) is 52.2 Å². The largest absolute Gasteiger partial charge is 0.353 e. The van der Waals surface area contributed by atoms with E-state index in [9.17, 15) is 4.79 Å². The molecule has 0 spiro atoms. The van der Waals surface area contributed by atoms with Gasteiger partial charge in [0.1, 0.15) is 0 Å². The molecule has 26 heavy (non-hydrogen) atoms. The molecule has 0 unspecified atom stereocenters. The molecular weight excluding hydrogens is 328 g/mol. The molecule has 7 nitrogen and oxygen atoms in total. The molecule has 1 N–H and O–H groups in total. The number of nitrogens with one attached hydrogen (secondary N) is 1. The van der Waals surface area contributed by atoms with Crippen LogP contribution in [0.5, 0.6) is 0 Å². The van der Waals surface area contributed by atoms with Crippen molar-refractivity contribution in [1.29, 1.82) is 0 Å². The maximum Gasteiger partial charge on any atom is 0.225 e. The first-order chi connectivity index (χ1) is 12.5. The number of piperidine rings is 1. The number of hydrogen-bond donors (Lipinski definition) is 1. The quantitative estimate of drug-likeness (QED) is 0.858. The summed E-state index contributed by atoms with van der Waals surface area (Å²) in [4.78, 5) is 28.2. The van der Waals surface area contributed by atoms with Gasteiger partial charge in [-0.3, -0.25) is 4.79 Å². The molecule has 2 fully saturated rings. The Morgan fingerprint density at radius 3 is 2.46 bits per heavy atom. The highest BCUT2D eigenvalue weighted by Crippen LogP contribution is 2.20. The Labute approximate surface area is 156 Å². The van der Waals surface area contributed by atoms with Gasteiger partial charge in [-0.1, -0.05) is 0 Å². The van der Waals surface area contributed by atoms with Gasteiger partial charge in [-0.25, -0.2) is 9.97 Å². The average Bonchev–Trinajstić information content (AvgIpc) is 2.85. The first-order valence-corrected chi connectivity index (χ1v) is 9.70. The zero-order chi connectivity index (χ0) is 18.5. The number of aromatic nitrogens is 2. The third-order valence-corrected chi connectivity index (χ3v) is 5.68. The van der Waals surface area contributed by atoms with E-state index in [0.29, 0.717) is 6.04 Å². The lowest BCUT2D eigenvalue weighted by molar-refractivity contribution is -0.126. The van der Waals surface area contributed by atoms with E-state index in [0.717, 1.165) is 57.8 Å². The van der Waals surface area contributed by atoms with E-state index in [1.807, 2.05) is 6.07 Å². The standard InChI is InChI=1S/C19H32N6O/c1-23(2)17-6-5-15(13-24(3)14-17)18(26)22-16-7-11-25(12-8-16)19-20-9-4-10-21-19/h4,9-10,15-17H,5-8,11-14H2,1-3H3,(H,22,26)/t15-,17+/m1/s1. The van der Waals surface area contributed by atoms with Crippen molar-refractivity contribution < 1.29 is 4.79 Å². The normalized spacial score (nSPS) is 25.9. The maximum atomic E-state index is 12.8. The molecule has 1 aromatic rings. The van der Waals surface area contributed by atoms with E-state index in [-0.39, 0.29) is 17.9 Å². The predicted octanol–water partition coefficient (Wildman–Crippen LogP) is 0.834. The van der Waals surface area contributed by atoms with Crippen LogP contribution in [0.4, 0.5) is 5.95 Å². The van der Waals surface area contributed by atoms with E-state index < -0.39 is 0 Å². The van der Waals surface area contributed by atoms with E-state index in [2.05, 4.69) is 51.1 Å². The van der Waals surface area contributed by atoms with Crippen LogP contribution in [0.25, 0.3) is 0 Å². The lowest BCUT2D eigenvalue weighted by Gasteiger charge is -2.33. The van der Waals surface area contributed by atoms with E-state index >= 15 is 0 Å². The summed E-state index contributed by atoms with van der Waals surface area (Å²) < 4.78 is 0. The van der Waals surface area contributed by atoms with Crippen LogP contribution < -0.4 is 10.2 Å². The molecule has 2 aliphatic rings. The van der Waals surface area contributed by atoms with Gasteiger partial charge in [0.05, 0.1) is 5.92 Å². The molecule has 7 heteroatoms. The minimum absolute atomic E-state index is 0.0976. The predicted molar refractivity (Wildman–Crippen MR) is 103 cm³/mol. The Kier molecular flexibility index (Phi) is 6.43. The third-order valence-electron chi connectivity index (χ3n) is 5.68. The molecule has 1 aromatic heterocycles. The number of likely N-dealkylation sites (N-methyl/N-ethyl adjacent to an activating group) is 2. The molecule has 1 amide bonds. The maximum absolute atomic E-state index is 12.8. The van der Waals surface area contributed by atoms with Crippen LogP contribution in [0.1, 0.15) is 25.7 Å². The summed E-state index contributed by atoms with van der Waals surface area (Å²) >= 11 is 0. The third kappa shape index (κ3) is 4.92. The molecule has 2 saturated heterocycles. The summed E-state index contributed by atoms with van der Waals surface area (Å²) in [6, 6.07) is 2.63. The van der Waals surface area contributed by atoms with Crippen LogP contribution in [0.3, 0.4) is 0 Å². The number of amides is 1. The smallest absolute Gasteiger partial charge is 0.225 e. The molecule has 0 saturated carbocycles. The topological polar surface area (TPSA) is 64.6 Å². The minimum atomic E-state index is 0.0976. The zero-order valence-electron chi connectivity index (χ0n) is 16.3. The molecule has 2 atom stereocenters. The summed E-state index contributed by atoms with van der Waals surface area (Å²) in [6.45, 7) is 3.67. The molecule has 2 aliphatic heterocycles. The van der Waals surface area contributed by atoms with Crippen molar-refractivity contribution in [1.82, 2.24) is 25.1 Å². The van der Waals surface area contributed by atoms with Crippen LogP contribution in [0.15, 0.2) is 18.5 Å². The Morgan fingerprint density at radius 1 is 1.12 bits per heavy atom. The van der Waals surface area contributed by atoms with Crippen molar-refractivity contribution in [3.63, 3.8) is 0 Å². The summed E-state index contributed by atoms with van der Waals surface area (Å²) in [5, 5.41) is 3.31. The van der Waals surface area contributed by atoms with Crippen LogP contribution in [-0.4, -0.2) is 85.1 Å². The van der Waals surface area contributed by atoms with Gasteiger partial charge in [0, 0.05) is 50.7 Å². The Balaban J connectivity index is 1.48. The van der Waals surface area contributed by atoms with Crippen LogP contribution >= 0.6 is 0 Å². The second-order valence-corrected chi connectivity index (χ2v) is 7.93. The van der Waals surface area contributed by atoms with E-state index in [4.69, 9.17) is 0 Å². The molecule has 0 aliphatic carbocycles. The number of nitrogens with zero attached hydrogens (tertiary/aromatic N) is 5. The summed E-state index contributed by atoms with van der Waals surface area (Å²) in [5.74, 6) is 1.11. The number of anilines is 1. The van der Waals surface area contributed by atoms with Gasteiger partial charge in [-0.2, -0.15) is 0 Å². The SMILES string of the molecule is CN1C[C@H](C(=O)NC2CCN(c3ncccn3)CC2)CC[C@H](N(C)C)C1. The fourth-order valence-electron chi connectivity index (χ4n) is 4.02. The first kappa shape index (κ1) is 19.0. The molecule has 144 valence electrons. The Bertz CT molecular complexity index is 573. The second-order valence-electron chi connectivity index (χ2n) is 7.93. The summed E-state index contributed by atoms with van der Waals surface area (Å²) in [5.41, 5.74) is 0. The van der Waals surface area contributed by atoms with E-state index in [1.165, 1.54) is 0 Å². The fourth-order valence-corrected chi connectivity index (χ4v) is 4.02. The first-order valence-electron chi connectivity index (χ1n) is 9.70. The van der Waals surface area contributed by atoms with Crippen molar-refractivity contribution in [3.8, 4) is 0 Å². The highest BCUT2D eigenvalue weighted by atomic mass is 16.2. The number of carbonyl (C=O) groups excluding carboxylic acids is 1. The number of likely N-dealkylation sites (tertiary alicyclic amines) is 1. The number of carbonyl (C=O) groups is 1. The Hall–Kier alpha value is -1.73. The van der Waals surface area contributed by atoms with Crippen LogP contribution in [0.2, 0.25) is 0 Å². The Morgan fingerprint density at radius 2 is 1.81 bits per heavy atom. The monoisotopic (exact) mass is 360 g/mol. The zero-order valence-corrected chi connectivity index (χ0v) is 16.3. The highest BCUT2D eigenvalue weighted by Gasteiger charge is 2.29. The average molecular weight is 361 g/mol. The minimum Gasteiger partial charge on any atom is -0.353 e. The number of rotatable bonds is 4. The van der Waals surface area contributed by atoms with Crippen LogP contribution in [-0.2, 0) is 4.79 Å². The summed E-state index contributed by atoms with van der Waals surface area (Å²) in [7, 11) is 6.38. The van der Waals surface area contributed by atoms with Gasteiger partial charge in [0.2, 0.25) is 11.9 Å². The van der Waals surface area contributed by atoms with Crippen LogP contribution in [0, 0.1) is 5.92 Å². The fraction of sp³-hybridized carbons (Fsp3) is 0.737. The number of hydrogen-bond acceptors (Lipinski definition) is 6. The summed E-state index contributed by atoms with van der Waals surface area (Å²) in [6.07, 6.45) is 7.51. The molecular formula is C19H32N6O. The van der Waals surface area contributed by atoms with Gasteiger partial charge in [-0.15, -0.1) is 0 Å². The van der Waals surface area contributed by atoms with E-state index in [1.54, 1.807) is 12.4 Å². The lowest BCUT2D eigenvalue weighted by Crippen LogP contribution is -2.47. The van der Waals surface area contributed by atoms with Gasteiger partial charge in [-0.05, 0) is 52.9 Å². The van der Waals surface area contributed by atoms with Gasteiger partial charge in [0.25, 0.3) is 0 Å². The molecule has 0 bridgehead atoms.